The van der Waals surface area contributed by atoms with Crippen molar-refractivity contribution >= 4 is 41.2 Å². The number of aliphatic hydroxyl groups excluding tert-OH is 2. The van der Waals surface area contributed by atoms with Crippen molar-refractivity contribution in [1.82, 2.24) is 10.3 Å². The number of phosphoric ester groups is 1. The number of nitrogens with one attached hydrogen (secondary N) is 2. The van der Waals surface area contributed by atoms with Crippen LogP contribution >= 0.6 is 23.5 Å². The third kappa shape index (κ3) is 6.14. The smallest absolute Gasteiger partial charge is 0.280 e. The van der Waals surface area contributed by atoms with E-state index in [0.717, 1.165) is 5.01 Å². The molecular weight excluding hydrogens is 521 g/mol. The van der Waals surface area contributed by atoms with E-state index >= 15 is 0 Å². The highest BCUT2D eigenvalue weighted by Gasteiger charge is 2.51. The number of fused-ring (bicyclic) bond motifs is 1. The van der Waals surface area contributed by atoms with Crippen LogP contribution in [0.4, 0.5) is 0 Å². The molecule has 3 aliphatic rings. The van der Waals surface area contributed by atoms with Crippen molar-refractivity contribution < 1.29 is 66.2 Å². The van der Waals surface area contributed by atoms with Crippen molar-refractivity contribution in [3.05, 3.63) is 0 Å². The first-order valence-corrected chi connectivity index (χ1v) is 12.9. The predicted molar refractivity (Wildman–Crippen MR) is 92.2 cm³/mol. The minimum atomic E-state index is -6.11. The van der Waals surface area contributed by atoms with Gasteiger partial charge in [-0.25, -0.2) is 8.62 Å². The minimum absolute atomic E-state index is 0.195. The van der Waals surface area contributed by atoms with Gasteiger partial charge in [0.25, 0.3) is 29.4 Å². The van der Waals surface area contributed by atoms with Gasteiger partial charge >= 0.3 is 0 Å². The summed E-state index contributed by atoms with van der Waals surface area (Å²) >= 11 is 0. The highest BCUT2D eigenvalue weighted by atomic mass is 31.3. The van der Waals surface area contributed by atoms with Crippen LogP contribution in [0.15, 0.2) is 15.3 Å². The summed E-state index contributed by atoms with van der Waals surface area (Å²) in [6, 6.07) is -1.25. The lowest BCUT2D eigenvalue weighted by molar-refractivity contribution is -0.250. The van der Waals surface area contributed by atoms with Crippen molar-refractivity contribution in [2.75, 3.05) is 13.2 Å². The van der Waals surface area contributed by atoms with Gasteiger partial charge in [-0.1, -0.05) is 5.22 Å². The van der Waals surface area contributed by atoms with Gasteiger partial charge in [0.1, 0.15) is 6.10 Å². The molecule has 8 atom stereocenters. The number of guanidine groups is 1. The zero-order valence-corrected chi connectivity index (χ0v) is 18.4. The fourth-order valence-electron chi connectivity index (χ4n) is 2.96. The van der Waals surface area contributed by atoms with Crippen LogP contribution in [0.1, 0.15) is 0 Å². The second-order valence-electron chi connectivity index (χ2n) is 6.48. The minimum Gasteiger partial charge on any atom is -0.756 e. The van der Waals surface area contributed by atoms with Gasteiger partial charge in [0.05, 0.1) is 19.3 Å². The second-order valence-corrected chi connectivity index (χ2v) is 10.8. The number of phosphoric acid groups is 3. The Morgan fingerprint density at radius 2 is 1.88 bits per heavy atom. The molecule has 33 heavy (non-hydrogen) atoms. The lowest BCUT2D eigenvalue weighted by Gasteiger charge is -2.33. The molecule has 3 aliphatic heterocycles. The van der Waals surface area contributed by atoms with Crippen molar-refractivity contribution in [3.63, 3.8) is 0 Å². The number of amides is 1. The molecule has 1 fully saturated rings. The Bertz CT molecular complexity index is 1030. The lowest BCUT2D eigenvalue weighted by atomic mass is 9.99. The fraction of sp³-hybridized carbons (Fsp3) is 0.700. The van der Waals surface area contributed by atoms with E-state index in [0.29, 0.717) is 0 Å². The maximum atomic E-state index is 11.9. The highest BCUT2D eigenvalue weighted by Crippen LogP contribution is 2.61. The highest BCUT2D eigenvalue weighted by molar-refractivity contribution is 7.65. The fourth-order valence-corrected chi connectivity index (χ4v) is 5.85. The normalized spacial score (nSPS) is 34.8. The second kappa shape index (κ2) is 9.27. The monoisotopic (exact) mass is 535 g/mol. The number of aliphatic hydroxyl groups is 2. The first kappa shape index (κ1) is 26.1. The quantitative estimate of drug-likeness (QED) is 0.174. The van der Waals surface area contributed by atoms with Gasteiger partial charge in [0, 0.05) is 5.92 Å². The molecule has 0 saturated carbocycles. The summed E-state index contributed by atoms with van der Waals surface area (Å²) in [5.41, 5.74) is 0. The molecule has 20 nitrogen and oxygen atoms in total. The number of carbonyl (C=O) groups is 1. The van der Waals surface area contributed by atoms with Crippen molar-refractivity contribution in [3.8, 4) is 0 Å². The average molecular weight is 535 g/mol. The van der Waals surface area contributed by atoms with E-state index in [-0.39, 0.29) is 5.84 Å². The Morgan fingerprint density at radius 3 is 2.48 bits per heavy atom. The summed E-state index contributed by atoms with van der Waals surface area (Å²) < 4.78 is 49.7. The van der Waals surface area contributed by atoms with Gasteiger partial charge in [0.15, 0.2) is 12.1 Å². The van der Waals surface area contributed by atoms with Crippen LogP contribution in [-0.4, -0.2) is 75.5 Å². The molecule has 1 amide bonds. The van der Waals surface area contributed by atoms with Crippen molar-refractivity contribution in [1.29, 1.82) is 5.41 Å². The Labute approximate surface area is 182 Å². The molecule has 0 spiro atoms. The first-order chi connectivity index (χ1) is 15.1. The van der Waals surface area contributed by atoms with Gasteiger partial charge in [-0.15, -0.1) is 5.11 Å². The zero-order valence-electron chi connectivity index (χ0n) is 15.8. The maximum absolute atomic E-state index is 11.9. The Morgan fingerprint density at radius 1 is 1.21 bits per heavy atom. The number of ether oxygens (including phenoxy) is 1. The summed E-state index contributed by atoms with van der Waals surface area (Å²) in [7, 11) is -17.8. The topological polar surface area (TPSA) is 311 Å². The number of carbonyl (C=O) groups excluding carboxylic acids is 1. The third-order valence-electron chi connectivity index (χ3n) is 4.23. The van der Waals surface area contributed by atoms with Crippen LogP contribution in [0, 0.1) is 11.3 Å². The molecule has 3 rings (SSSR count). The van der Waals surface area contributed by atoms with E-state index in [9.17, 15) is 43.4 Å². The molecular formula is C10H14N6O14P3-3. The molecule has 3 heterocycles. The Hall–Kier alpha value is -1.50. The predicted octanol–water partition coefficient (Wildman–Crippen LogP) is -4.36. The van der Waals surface area contributed by atoms with Crippen LogP contribution in [0.2, 0.25) is 0 Å². The molecule has 0 bridgehead atoms. The van der Waals surface area contributed by atoms with Gasteiger partial charge in [-0.3, -0.25) is 29.2 Å². The van der Waals surface area contributed by atoms with Crippen LogP contribution in [0.3, 0.4) is 0 Å². The maximum Gasteiger partial charge on any atom is 0.280 e. The summed E-state index contributed by atoms with van der Waals surface area (Å²) in [4.78, 5) is 57.3. The zero-order chi connectivity index (χ0) is 24.8. The largest absolute Gasteiger partial charge is 0.756 e. The van der Waals surface area contributed by atoms with E-state index in [2.05, 4.69) is 33.8 Å². The van der Waals surface area contributed by atoms with Crippen LogP contribution in [0.25, 0.3) is 0 Å². The molecule has 0 radical (unpaired) electrons. The van der Waals surface area contributed by atoms with Gasteiger partial charge in [0.2, 0.25) is 12.0 Å². The first-order valence-electron chi connectivity index (χ1n) is 8.48. The molecule has 4 unspecified atom stereocenters. The van der Waals surface area contributed by atoms with E-state index in [4.69, 9.17) is 15.0 Å². The summed E-state index contributed by atoms with van der Waals surface area (Å²) in [6.45, 7) is -1.84. The third-order valence-corrected chi connectivity index (χ3v) is 7.92. The van der Waals surface area contributed by atoms with Gasteiger partial charge in [-0.05, 0) is 0 Å². The van der Waals surface area contributed by atoms with Gasteiger partial charge < -0.3 is 39.0 Å². The van der Waals surface area contributed by atoms with Crippen LogP contribution in [-0.2, 0) is 36.4 Å². The Kier molecular flexibility index (Phi) is 7.34. The molecule has 0 aromatic carbocycles. The van der Waals surface area contributed by atoms with Crippen molar-refractivity contribution in [2.45, 2.75) is 24.5 Å². The molecule has 1 saturated heterocycles. The van der Waals surface area contributed by atoms with Crippen LogP contribution < -0.4 is 20.0 Å². The number of hydrogen-bond donors (Lipinski definition) is 5. The molecule has 5 N–H and O–H groups in total. The molecule has 0 aromatic rings. The van der Waals surface area contributed by atoms with Gasteiger partial charge in [-0.2, -0.15) is 10.0 Å². The number of hydrogen-bond acceptors (Lipinski definition) is 17. The molecule has 23 heteroatoms. The van der Waals surface area contributed by atoms with Crippen molar-refractivity contribution in [2.24, 2.45) is 21.2 Å². The number of amidine groups is 1. The number of rotatable bonds is 9. The number of nitrogens with zero attached hydrogens (tertiary/aromatic N) is 4. The summed E-state index contributed by atoms with van der Waals surface area (Å²) in [5, 5.41) is 37.7. The SMILES string of the molecule is N=C1N=C2C(N=NN2[C@@H]2O[C@H](COP(=O)([O-])OP(=O)([O-])OP(=O)([O-])O)[C@@H](CO)[C@H]2O)C(=O)N1. The molecule has 186 valence electrons. The summed E-state index contributed by atoms with van der Waals surface area (Å²) in [6.07, 6.45) is -4.52. The lowest BCUT2D eigenvalue weighted by Crippen LogP contribution is -2.52. The van der Waals surface area contributed by atoms with E-state index in [1.807, 2.05) is 0 Å². The molecule has 0 aromatic heterocycles. The van der Waals surface area contributed by atoms with E-state index in [1.54, 1.807) is 0 Å². The molecule has 0 aliphatic carbocycles. The summed E-state index contributed by atoms with van der Waals surface area (Å²) in [5.74, 6) is -2.72. The average Bonchev–Trinajstić information content (AvgIpc) is 3.17. The standard InChI is InChI=1S/C10H17N6O14P3/c11-10-12-7-5(8(19)13-10)14-15-16(7)9-6(18)3(1-17)4(28-9)2-27-32(23,24)30-33(25,26)29-31(20,21)22/h3-6,9,17-18H,1-2H2,(H,23,24)(H,25,26)(H2,11,13,19)(H2,20,21,22)/p-3/t3-,4-,5?,6-,9-/m1/s1. The Balaban J connectivity index is 1.69. The van der Waals surface area contributed by atoms with E-state index < -0.39 is 78.9 Å². The number of aliphatic imine (C=N–C) groups is 1. The van der Waals surface area contributed by atoms with E-state index in [1.165, 1.54) is 0 Å². The van der Waals surface area contributed by atoms with Crippen LogP contribution in [0.5, 0.6) is 0 Å².